The minimum atomic E-state index is -0.853. The molecule has 2 fully saturated rings. The second-order valence-corrected chi connectivity index (χ2v) is 7.82. The third-order valence-corrected chi connectivity index (χ3v) is 6.21. The number of nitriles is 1. The van der Waals surface area contributed by atoms with Gasteiger partial charge in [-0.2, -0.15) is 15.5 Å². The van der Waals surface area contributed by atoms with Crippen LogP contribution in [0.3, 0.4) is 0 Å². The topological polar surface area (TPSA) is 91.6 Å². The van der Waals surface area contributed by atoms with Gasteiger partial charge in [-0.1, -0.05) is 0 Å². The Morgan fingerprint density at radius 1 is 1.10 bits per heavy atom. The molecule has 0 unspecified atom stereocenters. The largest absolute Gasteiger partial charge is 0.309 e. The summed E-state index contributed by atoms with van der Waals surface area (Å²) < 4.78 is 3.51. The fourth-order valence-electron chi connectivity index (χ4n) is 4.49. The molecule has 0 N–H and O–H groups in total. The van der Waals surface area contributed by atoms with Crippen molar-refractivity contribution < 1.29 is 4.79 Å². The van der Waals surface area contributed by atoms with Crippen LogP contribution in [0.15, 0.2) is 49.2 Å². The van der Waals surface area contributed by atoms with Crippen LogP contribution < -0.4 is 4.90 Å². The van der Waals surface area contributed by atoms with Crippen LogP contribution in [0.1, 0.15) is 19.3 Å². The highest BCUT2D eigenvalue weighted by Crippen LogP contribution is 2.52. The van der Waals surface area contributed by atoms with E-state index in [-0.39, 0.29) is 11.8 Å². The molecule has 4 aromatic rings. The molecule has 29 heavy (non-hydrogen) atoms. The van der Waals surface area contributed by atoms with Crippen molar-refractivity contribution in [1.82, 2.24) is 24.2 Å². The van der Waals surface area contributed by atoms with Crippen LogP contribution in [0.4, 0.5) is 5.69 Å². The molecular weight excluding hydrogens is 366 g/mol. The highest BCUT2D eigenvalue weighted by atomic mass is 16.2. The summed E-state index contributed by atoms with van der Waals surface area (Å²) in [5.74, 6) is 0.141. The van der Waals surface area contributed by atoms with Gasteiger partial charge in [0.1, 0.15) is 11.7 Å². The van der Waals surface area contributed by atoms with Gasteiger partial charge in [0, 0.05) is 36.3 Å². The smallest absolute Gasteiger partial charge is 0.247 e. The van der Waals surface area contributed by atoms with Gasteiger partial charge in [-0.15, -0.1) is 0 Å². The van der Waals surface area contributed by atoms with Gasteiger partial charge in [0.05, 0.1) is 17.3 Å². The van der Waals surface area contributed by atoms with Gasteiger partial charge in [-0.25, -0.2) is 14.0 Å². The highest BCUT2D eigenvalue weighted by molar-refractivity contribution is 6.05. The van der Waals surface area contributed by atoms with Gasteiger partial charge in [0.15, 0.2) is 5.65 Å². The van der Waals surface area contributed by atoms with Crippen molar-refractivity contribution in [3.63, 3.8) is 0 Å². The number of aromatic nitrogens is 5. The van der Waals surface area contributed by atoms with E-state index in [9.17, 15) is 10.1 Å². The van der Waals surface area contributed by atoms with E-state index < -0.39 is 5.41 Å². The fourth-order valence-corrected chi connectivity index (χ4v) is 4.49. The molecule has 5 heterocycles. The number of carbonyl (C=O) groups is 1. The summed E-state index contributed by atoms with van der Waals surface area (Å²) in [6, 6.07) is 10.1. The van der Waals surface area contributed by atoms with Crippen molar-refractivity contribution in [1.29, 1.82) is 5.26 Å². The predicted octanol–water partition coefficient (Wildman–Crippen LogP) is 2.70. The standard InChI is InChI=1S/C21H17N7O/c22-12-21(16-2-3-16)6-8-26(20(21)29)17-5-7-24-27-11-15(9-18(17)27)14-1-4-19-23-13-25-28(19)10-14/h1,4-5,7,9-11,13,16H,2-3,6,8H2/t21-/m1/s1. The monoisotopic (exact) mass is 383 g/mol. The molecular formula is C21H17N7O. The zero-order valence-corrected chi connectivity index (χ0v) is 15.6. The molecule has 6 rings (SSSR count). The molecule has 0 bridgehead atoms. The third-order valence-electron chi connectivity index (χ3n) is 6.21. The first-order valence-electron chi connectivity index (χ1n) is 9.70. The first-order valence-corrected chi connectivity index (χ1v) is 9.70. The molecule has 0 aromatic carbocycles. The van der Waals surface area contributed by atoms with Gasteiger partial charge in [-0.05, 0) is 49.4 Å². The van der Waals surface area contributed by atoms with E-state index in [4.69, 9.17) is 0 Å². The molecule has 1 saturated heterocycles. The minimum Gasteiger partial charge on any atom is -0.309 e. The van der Waals surface area contributed by atoms with E-state index in [0.29, 0.717) is 13.0 Å². The number of carbonyl (C=O) groups excluding carboxylic acids is 1. The Kier molecular flexibility index (Phi) is 3.16. The number of nitrogens with zero attached hydrogens (tertiary/aromatic N) is 7. The number of amides is 1. The third kappa shape index (κ3) is 2.24. The maximum atomic E-state index is 13.2. The van der Waals surface area contributed by atoms with Crippen LogP contribution >= 0.6 is 0 Å². The summed E-state index contributed by atoms with van der Waals surface area (Å²) in [6.45, 7) is 0.563. The summed E-state index contributed by atoms with van der Waals surface area (Å²) in [6.07, 6.45) is 9.62. The average Bonchev–Trinajstić information content (AvgIpc) is 3.20. The zero-order chi connectivity index (χ0) is 19.6. The van der Waals surface area contributed by atoms with E-state index in [1.54, 1.807) is 20.1 Å². The van der Waals surface area contributed by atoms with Crippen LogP contribution in [-0.4, -0.2) is 36.7 Å². The fraction of sp³-hybridized carbons (Fsp3) is 0.286. The normalized spacial score (nSPS) is 21.9. The number of fused-ring (bicyclic) bond motifs is 2. The Hall–Kier alpha value is -3.73. The van der Waals surface area contributed by atoms with E-state index in [1.165, 1.54) is 6.33 Å². The molecule has 8 heteroatoms. The quantitative estimate of drug-likeness (QED) is 0.542. The van der Waals surface area contributed by atoms with E-state index in [0.717, 1.165) is 40.8 Å². The van der Waals surface area contributed by atoms with Crippen molar-refractivity contribution in [3.8, 4) is 17.2 Å². The van der Waals surface area contributed by atoms with Crippen LogP contribution in [0.2, 0.25) is 0 Å². The summed E-state index contributed by atoms with van der Waals surface area (Å²) in [5.41, 5.74) is 3.54. The second kappa shape index (κ2) is 5.64. The van der Waals surface area contributed by atoms with E-state index in [2.05, 4.69) is 21.3 Å². The minimum absolute atomic E-state index is 0.0672. The molecule has 142 valence electrons. The van der Waals surface area contributed by atoms with E-state index >= 15 is 0 Å². The molecule has 1 atom stereocenters. The highest BCUT2D eigenvalue weighted by Gasteiger charge is 2.56. The summed E-state index contributed by atoms with van der Waals surface area (Å²) in [4.78, 5) is 19.2. The number of rotatable bonds is 3. The lowest BCUT2D eigenvalue weighted by molar-refractivity contribution is -0.123. The zero-order valence-electron chi connectivity index (χ0n) is 15.6. The molecule has 0 radical (unpaired) electrons. The van der Waals surface area contributed by atoms with Crippen molar-refractivity contribution in [2.45, 2.75) is 19.3 Å². The second-order valence-electron chi connectivity index (χ2n) is 7.82. The SMILES string of the molecule is N#C[C@@]1(C2CC2)CCN(c2ccnn3cc(-c4ccc5ncnn5c4)cc23)C1=O. The van der Waals surface area contributed by atoms with Gasteiger partial charge in [0.2, 0.25) is 5.91 Å². The van der Waals surface area contributed by atoms with Gasteiger partial charge < -0.3 is 4.90 Å². The Morgan fingerprint density at radius 3 is 2.79 bits per heavy atom. The van der Waals surface area contributed by atoms with Crippen molar-refractivity contribution >= 4 is 22.8 Å². The Labute approximate surface area is 166 Å². The van der Waals surface area contributed by atoms with Gasteiger partial charge >= 0.3 is 0 Å². The van der Waals surface area contributed by atoms with Crippen molar-refractivity contribution in [2.24, 2.45) is 11.3 Å². The maximum absolute atomic E-state index is 13.2. The Bertz CT molecular complexity index is 1330. The summed E-state index contributed by atoms with van der Waals surface area (Å²) >= 11 is 0. The first-order chi connectivity index (χ1) is 14.2. The molecule has 1 saturated carbocycles. The molecule has 2 aliphatic rings. The lowest BCUT2D eigenvalue weighted by atomic mass is 9.83. The molecule has 0 spiro atoms. The number of hydrogen-bond donors (Lipinski definition) is 0. The number of anilines is 1. The van der Waals surface area contributed by atoms with E-state index in [1.807, 2.05) is 36.7 Å². The number of hydrogen-bond acceptors (Lipinski definition) is 5. The molecule has 1 aliphatic heterocycles. The molecule has 8 nitrogen and oxygen atoms in total. The van der Waals surface area contributed by atoms with Crippen molar-refractivity contribution in [3.05, 3.63) is 49.2 Å². The lowest BCUT2D eigenvalue weighted by Gasteiger charge is -2.21. The summed E-state index contributed by atoms with van der Waals surface area (Å²) in [7, 11) is 0. The van der Waals surface area contributed by atoms with Crippen LogP contribution in [-0.2, 0) is 4.79 Å². The maximum Gasteiger partial charge on any atom is 0.247 e. The Morgan fingerprint density at radius 2 is 1.97 bits per heavy atom. The predicted molar refractivity (Wildman–Crippen MR) is 105 cm³/mol. The van der Waals surface area contributed by atoms with Crippen LogP contribution in [0.5, 0.6) is 0 Å². The van der Waals surface area contributed by atoms with Crippen LogP contribution in [0, 0.1) is 22.7 Å². The molecule has 1 aliphatic carbocycles. The summed E-state index contributed by atoms with van der Waals surface area (Å²) in [5, 5.41) is 18.4. The Balaban J connectivity index is 1.44. The molecule has 1 amide bonds. The average molecular weight is 383 g/mol. The van der Waals surface area contributed by atoms with Crippen LogP contribution in [0.25, 0.3) is 22.3 Å². The van der Waals surface area contributed by atoms with Gasteiger partial charge in [-0.3, -0.25) is 4.79 Å². The van der Waals surface area contributed by atoms with Gasteiger partial charge in [0.25, 0.3) is 0 Å². The molecule has 4 aromatic heterocycles. The van der Waals surface area contributed by atoms with Crippen molar-refractivity contribution in [2.75, 3.05) is 11.4 Å². The first kappa shape index (κ1) is 16.2. The number of pyridine rings is 1. The lowest BCUT2D eigenvalue weighted by Crippen LogP contribution is -2.35.